The summed E-state index contributed by atoms with van der Waals surface area (Å²) in [6, 6.07) is 21.3. The lowest BCUT2D eigenvalue weighted by atomic mass is 9.81. The lowest BCUT2D eigenvalue weighted by Crippen LogP contribution is -2.39. The molecule has 0 spiro atoms. The highest BCUT2D eigenvalue weighted by molar-refractivity contribution is 5.95. The average Bonchev–Trinajstić information content (AvgIpc) is 3.42. The fourth-order valence-corrected chi connectivity index (χ4v) is 6.53. The van der Waals surface area contributed by atoms with E-state index in [4.69, 9.17) is 19.4 Å². The molecular weight excluding hydrogens is 534 g/mol. The Morgan fingerprint density at radius 3 is 2.35 bits per heavy atom. The second kappa shape index (κ2) is 12.3. The summed E-state index contributed by atoms with van der Waals surface area (Å²) in [7, 11) is 0. The first kappa shape index (κ1) is 29.0. The van der Waals surface area contributed by atoms with E-state index in [1.807, 2.05) is 38.1 Å². The first-order valence-corrected chi connectivity index (χ1v) is 15.5. The molecule has 6 rings (SSSR count). The lowest BCUT2D eigenvalue weighted by molar-refractivity contribution is -0.677. The molecule has 0 N–H and O–H groups in total. The quantitative estimate of drug-likeness (QED) is 0.128. The summed E-state index contributed by atoms with van der Waals surface area (Å²) in [6.07, 6.45) is 6.67. The van der Waals surface area contributed by atoms with Crippen LogP contribution in [-0.4, -0.2) is 47.5 Å². The monoisotopic (exact) mass is 576 g/mol. The fourth-order valence-electron chi connectivity index (χ4n) is 6.53. The van der Waals surface area contributed by atoms with Gasteiger partial charge in [-0.05, 0) is 61.4 Å². The Morgan fingerprint density at radius 1 is 0.860 bits per heavy atom. The third-order valence-corrected chi connectivity index (χ3v) is 8.50. The molecule has 0 bridgehead atoms. The molecule has 0 radical (unpaired) electrons. The number of ether oxygens (including phenoxy) is 2. The average molecular weight is 577 g/mol. The zero-order chi connectivity index (χ0) is 30.0. The third-order valence-electron chi connectivity index (χ3n) is 8.50. The van der Waals surface area contributed by atoms with Crippen LogP contribution in [0.15, 0.2) is 78.5 Å². The summed E-state index contributed by atoms with van der Waals surface area (Å²) in [5, 5.41) is 2.61. The maximum absolute atomic E-state index is 5.80. The van der Waals surface area contributed by atoms with Gasteiger partial charge in [-0.1, -0.05) is 67.4 Å². The van der Waals surface area contributed by atoms with Crippen LogP contribution in [0, 0.1) is 0 Å². The molecule has 0 aliphatic carbocycles. The molecule has 3 aromatic carbocycles. The topological polar surface area (TPSA) is 56.3 Å². The molecule has 43 heavy (non-hydrogen) atoms. The number of hydrogen-bond acceptors (Lipinski definition) is 5. The van der Waals surface area contributed by atoms with Crippen LogP contribution in [0.3, 0.4) is 0 Å². The first-order chi connectivity index (χ1) is 21.0. The van der Waals surface area contributed by atoms with Crippen LogP contribution in [0.2, 0.25) is 0 Å². The van der Waals surface area contributed by atoms with Gasteiger partial charge < -0.3 is 14.4 Å². The van der Waals surface area contributed by atoms with Crippen LogP contribution in [0.5, 0.6) is 0 Å². The van der Waals surface area contributed by atoms with Crippen molar-refractivity contribution < 1.29 is 14.0 Å². The van der Waals surface area contributed by atoms with Gasteiger partial charge in [-0.25, -0.2) is 14.1 Å². The smallest absolute Gasteiger partial charge is 0.323 e. The summed E-state index contributed by atoms with van der Waals surface area (Å²) < 4.78 is 16.1. The number of para-hydroxylation sites is 2. The van der Waals surface area contributed by atoms with Crippen molar-refractivity contribution in [2.24, 2.45) is 0 Å². The highest BCUT2D eigenvalue weighted by Crippen LogP contribution is 2.50. The molecule has 222 valence electrons. The van der Waals surface area contributed by atoms with E-state index in [9.17, 15) is 0 Å². The molecule has 0 atom stereocenters. The van der Waals surface area contributed by atoms with Crippen molar-refractivity contribution in [2.45, 2.75) is 53.1 Å². The largest absolute Gasteiger partial charge is 0.378 e. The van der Waals surface area contributed by atoms with E-state index in [0.717, 1.165) is 34.7 Å². The van der Waals surface area contributed by atoms with E-state index >= 15 is 0 Å². The molecule has 7 nitrogen and oxygen atoms in total. The van der Waals surface area contributed by atoms with Crippen LogP contribution in [0.4, 0.5) is 5.69 Å². The number of rotatable bonds is 11. The standard InChI is InChI=1S/C36H42N5O2/c1-6-39-30-21-20-26-14-9-10-15-27(26)33(30)36(4,5)31(39)18-13-19-32-40(22-24-42-7-2)34-35(41(32)23-25-43-8-3)38-29-17-12-11-16-28(29)37-34/h9-21H,6-8,22-25H2,1-5H3/q+1. The molecular formula is C36H42N5O2+. The molecule has 0 fully saturated rings. The number of imidazole rings is 1. The van der Waals surface area contributed by atoms with Crippen molar-refractivity contribution in [3.63, 3.8) is 0 Å². The number of nitrogens with zero attached hydrogens (tertiary/aromatic N) is 5. The van der Waals surface area contributed by atoms with E-state index in [0.29, 0.717) is 39.5 Å². The van der Waals surface area contributed by atoms with Gasteiger partial charge in [0.25, 0.3) is 5.65 Å². The maximum atomic E-state index is 5.80. The maximum Gasteiger partial charge on any atom is 0.323 e. The lowest BCUT2D eigenvalue weighted by Gasteiger charge is -2.26. The SMILES string of the molecule is CCOCCn1c(C=CC=C2N(CC)c3ccc4ccccc4c3C2(C)C)[n+](CCOCC)c2nc3ccccc3nc21. The van der Waals surface area contributed by atoms with Gasteiger partial charge in [-0.15, -0.1) is 0 Å². The van der Waals surface area contributed by atoms with Gasteiger partial charge in [0.05, 0.1) is 26.3 Å². The molecule has 1 aliphatic heterocycles. The van der Waals surface area contributed by atoms with Gasteiger partial charge in [0.2, 0.25) is 5.82 Å². The van der Waals surface area contributed by atoms with Gasteiger partial charge in [0.1, 0.15) is 5.52 Å². The van der Waals surface area contributed by atoms with E-state index in [1.54, 1.807) is 0 Å². The second-order valence-electron chi connectivity index (χ2n) is 11.4. The van der Waals surface area contributed by atoms with Gasteiger partial charge in [-0.3, -0.25) is 0 Å². The molecule has 3 heterocycles. The molecule has 5 aromatic rings. The van der Waals surface area contributed by atoms with Crippen molar-refractivity contribution in [3.05, 3.63) is 89.9 Å². The number of aromatic nitrogens is 4. The van der Waals surface area contributed by atoms with Crippen molar-refractivity contribution >= 4 is 44.9 Å². The summed E-state index contributed by atoms with van der Waals surface area (Å²) in [6.45, 7) is 15.8. The molecule has 0 saturated carbocycles. The van der Waals surface area contributed by atoms with Crippen LogP contribution in [-0.2, 0) is 28.0 Å². The highest BCUT2D eigenvalue weighted by atomic mass is 16.5. The number of anilines is 1. The number of hydrogen-bond donors (Lipinski definition) is 0. The van der Waals surface area contributed by atoms with E-state index in [1.165, 1.54) is 27.7 Å². The Morgan fingerprint density at radius 2 is 1.58 bits per heavy atom. The van der Waals surface area contributed by atoms with Crippen molar-refractivity contribution in [2.75, 3.05) is 37.9 Å². The molecule has 7 heteroatoms. The zero-order valence-electron chi connectivity index (χ0n) is 26.0. The number of allylic oxidation sites excluding steroid dienone is 3. The summed E-state index contributed by atoms with van der Waals surface area (Å²) in [5.74, 6) is 1.03. The van der Waals surface area contributed by atoms with Crippen LogP contribution in [0.25, 0.3) is 39.2 Å². The molecule has 2 aromatic heterocycles. The second-order valence-corrected chi connectivity index (χ2v) is 11.4. The summed E-state index contributed by atoms with van der Waals surface area (Å²) in [5.41, 5.74) is 7.32. The Bertz CT molecular complexity index is 1770. The first-order valence-electron chi connectivity index (χ1n) is 15.5. The van der Waals surface area contributed by atoms with E-state index < -0.39 is 0 Å². The van der Waals surface area contributed by atoms with E-state index in [2.05, 4.69) is 89.4 Å². The Hall–Kier alpha value is -4.07. The van der Waals surface area contributed by atoms with E-state index in [-0.39, 0.29) is 5.41 Å². The van der Waals surface area contributed by atoms with Crippen LogP contribution >= 0.6 is 0 Å². The molecule has 1 aliphatic rings. The van der Waals surface area contributed by atoms with Crippen molar-refractivity contribution in [1.82, 2.24) is 14.5 Å². The predicted molar refractivity (Wildman–Crippen MR) is 175 cm³/mol. The zero-order valence-corrected chi connectivity index (χ0v) is 26.0. The van der Waals surface area contributed by atoms with Gasteiger partial charge >= 0.3 is 5.65 Å². The van der Waals surface area contributed by atoms with Gasteiger partial charge in [-0.2, -0.15) is 0 Å². The Labute approximate surface area is 254 Å². The minimum Gasteiger partial charge on any atom is -0.378 e. The molecule has 0 saturated heterocycles. The third kappa shape index (κ3) is 5.21. The predicted octanol–water partition coefficient (Wildman–Crippen LogP) is 6.81. The van der Waals surface area contributed by atoms with Gasteiger partial charge in [0, 0.05) is 42.6 Å². The molecule has 0 amide bonds. The minimum absolute atomic E-state index is 0.149. The van der Waals surface area contributed by atoms with Crippen LogP contribution in [0.1, 0.15) is 46.0 Å². The van der Waals surface area contributed by atoms with Gasteiger partial charge in [0.15, 0.2) is 5.52 Å². The fraction of sp³-hybridized carbons (Fsp3) is 0.361. The van der Waals surface area contributed by atoms with Crippen molar-refractivity contribution in [3.8, 4) is 0 Å². The Kier molecular flexibility index (Phi) is 8.28. The minimum atomic E-state index is -0.149. The normalized spacial score (nSPS) is 15.6. The summed E-state index contributed by atoms with van der Waals surface area (Å²) >= 11 is 0. The van der Waals surface area contributed by atoms with Crippen LogP contribution < -0.4 is 9.47 Å². The highest BCUT2D eigenvalue weighted by Gasteiger charge is 2.40. The molecule has 0 unspecified atom stereocenters. The number of fused-ring (bicyclic) bond motifs is 5. The number of benzene rings is 3. The Balaban J connectivity index is 1.48. The number of likely N-dealkylation sites (N-methyl/N-ethyl adjacent to an activating group) is 1. The summed E-state index contributed by atoms with van der Waals surface area (Å²) in [4.78, 5) is 12.6. The van der Waals surface area contributed by atoms with Crippen molar-refractivity contribution in [1.29, 1.82) is 0 Å².